The second-order valence-corrected chi connectivity index (χ2v) is 6.16. The number of aryl methyl sites for hydroxylation is 1. The minimum Gasteiger partial charge on any atom is -0.385 e. The van der Waals surface area contributed by atoms with Crippen molar-refractivity contribution >= 4 is 18.0 Å². The fourth-order valence-electron chi connectivity index (χ4n) is 2.76. The summed E-state index contributed by atoms with van der Waals surface area (Å²) in [6, 6.07) is 12.0. The summed E-state index contributed by atoms with van der Waals surface area (Å²) in [5.74, 6) is -0.784. The number of para-hydroxylation sites is 1. The van der Waals surface area contributed by atoms with Crippen molar-refractivity contribution < 1.29 is 14.3 Å². The smallest absolute Gasteiger partial charge is 0.249 e. The van der Waals surface area contributed by atoms with E-state index in [1.807, 2.05) is 50.2 Å². The van der Waals surface area contributed by atoms with Crippen molar-refractivity contribution in [3.05, 3.63) is 53.3 Å². The van der Waals surface area contributed by atoms with Crippen LogP contribution in [0.5, 0.6) is 0 Å². The maximum atomic E-state index is 11.8. The molecule has 2 amide bonds. The molecule has 0 radical (unpaired) electrons. The molecule has 0 saturated carbocycles. The second kappa shape index (κ2) is 10.3. The molecule has 1 heterocycles. The van der Waals surface area contributed by atoms with Gasteiger partial charge in [-0.25, -0.2) is 5.43 Å². The van der Waals surface area contributed by atoms with Crippen molar-refractivity contribution in [2.45, 2.75) is 26.7 Å². The van der Waals surface area contributed by atoms with Crippen LogP contribution >= 0.6 is 0 Å². The number of benzene rings is 1. The van der Waals surface area contributed by atoms with Gasteiger partial charge in [-0.2, -0.15) is 5.10 Å². The van der Waals surface area contributed by atoms with Gasteiger partial charge in [-0.05, 0) is 38.5 Å². The van der Waals surface area contributed by atoms with Crippen LogP contribution in [0.25, 0.3) is 5.69 Å². The fourth-order valence-corrected chi connectivity index (χ4v) is 2.76. The fraction of sp³-hybridized carbons (Fsp3) is 0.350. The molecule has 2 aromatic rings. The molecule has 27 heavy (non-hydrogen) atoms. The van der Waals surface area contributed by atoms with Crippen molar-refractivity contribution in [1.82, 2.24) is 15.3 Å². The molecule has 0 bridgehead atoms. The van der Waals surface area contributed by atoms with E-state index >= 15 is 0 Å². The Morgan fingerprint density at radius 3 is 2.63 bits per heavy atom. The number of ether oxygens (including phenoxy) is 1. The summed E-state index contributed by atoms with van der Waals surface area (Å²) in [6.45, 7) is 5.06. The van der Waals surface area contributed by atoms with E-state index in [0.717, 1.165) is 22.6 Å². The Hall–Kier alpha value is -2.93. The Labute approximate surface area is 159 Å². The Morgan fingerprint density at radius 2 is 1.93 bits per heavy atom. The van der Waals surface area contributed by atoms with E-state index in [1.54, 1.807) is 13.3 Å². The topological polar surface area (TPSA) is 84.7 Å². The third-order valence-corrected chi connectivity index (χ3v) is 4.05. The summed E-state index contributed by atoms with van der Waals surface area (Å²) >= 11 is 0. The summed E-state index contributed by atoms with van der Waals surface area (Å²) in [7, 11) is 1.60. The third kappa shape index (κ3) is 6.07. The predicted molar refractivity (Wildman–Crippen MR) is 105 cm³/mol. The first-order chi connectivity index (χ1) is 13.0. The van der Waals surface area contributed by atoms with Gasteiger partial charge in [-0.3, -0.25) is 9.59 Å². The van der Waals surface area contributed by atoms with Gasteiger partial charge in [0.2, 0.25) is 11.8 Å². The van der Waals surface area contributed by atoms with Crippen LogP contribution in [0.1, 0.15) is 29.8 Å². The average molecular weight is 370 g/mol. The number of hydrogen-bond donors (Lipinski definition) is 2. The first kappa shape index (κ1) is 20.4. The summed E-state index contributed by atoms with van der Waals surface area (Å²) in [5, 5.41) is 6.63. The minimum atomic E-state index is -0.452. The molecule has 0 aliphatic heterocycles. The van der Waals surface area contributed by atoms with Crippen LogP contribution in [0.4, 0.5) is 0 Å². The number of methoxy groups -OCH3 is 1. The Bertz CT molecular complexity index is 797. The van der Waals surface area contributed by atoms with Gasteiger partial charge in [-0.1, -0.05) is 18.2 Å². The zero-order valence-corrected chi connectivity index (χ0v) is 16.0. The lowest BCUT2D eigenvalue weighted by atomic mass is 10.2. The van der Waals surface area contributed by atoms with Gasteiger partial charge in [-0.15, -0.1) is 0 Å². The number of rotatable bonds is 9. The lowest BCUT2D eigenvalue weighted by Gasteiger charge is -2.09. The molecule has 1 aromatic heterocycles. The number of hydrogen-bond acceptors (Lipinski definition) is 4. The number of amides is 2. The third-order valence-electron chi connectivity index (χ3n) is 4.05. The highest BCUT2D eigenvalue weighted by Gasteiger charge is 2.10. The van der Waals surface area contributed by atoms with Crippen LogP contribution in [0.3, 0.4) is 0 Å². The molecule has 0 atom stereocenters. The van der Waals surface area contributed by atoms with Gasteiger partial charge in [0.15, 0.2) is 0 Å². The van der Waals surface area contributed by atoms with Gasteiger partial charge in [0.25, 0.3) is 0 Å². The van der Waals surface area contributed by atoms with Crippen LogP contribution in [-0.2, 0) is 14.3 Å². The van der Waals surface area contributed by atoms with E-state index in [-0.39, 0.29) is 12.3 Å². The van der Waals surface area contributed by atoms with Gasteiger partial charge >= 0.3 is 0 Å². The molecule has 2 rings (SSSR count). The summed E-state index contributed by atoms with van der Waals surface area (Å²) in [5.41, 5.74) is 6.46. The number of nitrogens with zero attached hydrogens (tertiary/aromatic N) is 2. The molecule has 7 nitrogen and oxygen atoms in total. The molecule has 0 aliphatic rings. The van der Waals surface area contributed by atoms with Crippen LogP contribution < -0.4 is 10.7 Å². The van der Waals surface area contributed by atoms with Gasteiger partial charge in [0, 0.05) is 42.9 Å². The quantitative estimate of drug-likeness (QED) is 0.307. The minimum absolute atomic E-state index is 0.257. The van der Waals surface area contributed by atoms with E-state index < -0.39 is 5.91 Å². The summed E-state index contributed by atoms with van der Waals surface area (Å²) in [6.07, 6.45) is 2.04. The zero-order chi connectivity index (χ0) is 19.6. The first-order valence-electron chi connectivity index (χ1n) is 8.85. The Morgan fingerprint density at radius 1 is 1.19 bits per heavy atom. The number of carbonyl (C=O) groups is 2. The Balaban J connectivity index is 1.89. The maximum Gasteiger partial charge on any atom is 0.249 e. The molecule has 0 spiro atoms. The first-order valence-corrected chi connectivity index (χ1v) is 8.85. The van der Waals surface area contributed by atoms with Gasteiger partial charge in [0.1, 0.15) is 6.42 Å². The lowest BCUT2D eigenvalue weighted by molar-refractivity contribution is -0.129. The SMILES string of the molecule is COCCCNC(=O)CC(=O)NN=Cc1cc(C)n(-c2ccccc2)c1C. The largest absolute Gasteiger partial charge is 0.385 e. The van der Waals surface area contributed by atoms with E-state index in [2.05, 4.69) is 20.4 Å². The highest BCUT2D eigenvalue weighted by atomic mass is 16.5. The summed E-state index contributed by atoms with van der Waals surface area (Å²) in [4.78, 5) is 23.4. The molecule has 2 N–H and O–H groups in total. The average Bonchev–Trinajstić information content (AvgIpc) is 2.93. The van der Waals surface area contributed by atoms with Crippen LogP contribution in [0, 0.1) is 13.8 Å². The zero-order valence-electron chi connectivity index (χ0n) is 16.0. The van der Waals surface area contributed by atoms with Crippen LogP contribution in [0.15, 0.2) is 41.5 Å². The molecule has 1 aromatic carbocycles. The van der Waals surface area contributed by atoms with Crippen LogP contribution in [0.2, 0.25) is 0 Å². The molecular weight excluding hydrogens is 344 g/mol. The van der Waals surface area contributed by atoms with E-state index in [4.69, 9.17) is 4.74 Å². The van der Waals surface area contributed by atoms with E-state index in [0.29, 0.717) is 19.6 Å². The molecule has 0 unspecified atom stereocenters. The highest BCUT2D eigenvalue weighted by Crippen LogP contribution is 2.19. The van der Waals surface area contributed by atoms with Crippen molar-refractivity contribution in [1.29, 1.82) is 0 Å². The predicted octanol–water partition coefficient (Wildman–Crippen LogP) is 2.09. The second-order valence-electron chi connectivity index (χ2n) is 6.16. The number of hydrazone groups is 1. The van der Waals surface area contributed by atoms with Gasteiger partial charge < -0.3 is 14.6 Å². The van der Waals surface area contributed by atoms with Crippen molar-refractivity contribution in [3.8, 4) is 5.69 Å². The highest BCUT2D eigenvalue weighted by molar-refractivity contribution is 5.97. The summed E-state index contributed by atoms with van der Waals surface area (Å²) < 4.78 is 7.02. The molecule has 0 fully saturated rings. The van der Waals surface area contributed by atoms with Crippen LogP contribution in [-0.4, -0.2) is 42.9 Å². The molecule has 144 valence electrons. The maximum absolute atomic E-state index is 11.8. The molecule has 0 saturated heterocycles. The van der Waals surface area contributed by atoms with E-state index in [1.165, 1.54) is 0 Å². The van der Waals surface area contributed by atoms with Crippen molar-refractivity contribution in [2.75, 3.05) is 20.3 Å². The van der Waals surface area contributed by atoms with Crippen molar-refractivity contribution in [3.63, 3.8) is 0 Å². The molecule has 7 heteroatoms. The molecule has 0 aliphatic carbocycles. The van der Waals surface area contributed by atoms with Gasteiger partial charge in [0.05, 0.1) is 6.21 Å². The van der Waals surface area contributed by atoms with Crippen molar-refractivity contribution in [2.24, 2.45) is 5.10 Å². The number of carbonyl (C=O) groups excluding carboxylic acids is 2. The normalized spacial score (nSPS) is 10.9. The monoisotopic (exact) mass is 370 g/mol. The van der Waals surface area contributed by atoms with E-state index in [9.17, 15) is 9.59 Å². The number of nitrogens with one attached hydrogen (secondary N) is 2. The standard InChI is InChI=1S/C20H26N4O3/c1-15-12-17(16(2)24(15)18-8-5-4-6-9-18)14-22-23-20(26)13-19(25)21-10-7-11-27-3/h4-6,8-9,12,14H,7,10-11,13H2,1-3H3,(H,21,25)(H,23,26). The molecular formula is C20H26N4O3. The Kier molecular flexibility index (Phi) is 7.76. The lowest BCUT2D eigenvalue weighted by Crippen LogP contribution is -2.30. The number of aromatic nitrogens is 1.